The number of carbonyl (C=O) groups is 3. The molecule has 1 saturated heterocycles. The molecule has 2 aromatic carbocycles. The van der Waals surface area contributed by atoms with Gasteiger partial charge in [0.2, 0.25) is 17.7 Å². The largest absolute Gasteiger partial charge is 0.395 e. The van der Waals surface area contributed by atoms with Crippen LogP contribution in [0.25, 0.3) is 0 Å². The molecule has 2 aromatic rings. The van der Waals surface area contributed by atoms with Gasteiger partial charge in [-0.1, -0.05) is 54.6 Å². The Balaban J connectivity index is 1.60. The fourth-order valence-electron chi connectivity index (χ4n) is 5.08. The third-order valence-corrected chi connectivity index (χ3v) is 7.35. The number of aliphatic hydroxyl groups is 1. The third-order valence-electron chi connectivity index (χ3n) is 7.35. The van der Waals surface area contributed by atoms with E-state index >= 15 is 0 Å². The van der Waals surface area contributed by atoms with Crippen LogP contribution in [-0.4, -0.2) is 65.5 Å². The molecule has 0 aromatic heterocycles. The number of hydrogen-bond donors (Lipinski definition) is 4. The van der Waals surface area contributed by atoms with Crippen molar-refractivity contribution in [2.75, 3.05) is 26.2 Å². The number of piperidine rings is 1. The molecule has 8 heteroatoms. The van der Waals surface area contributed by atoms with Gasteiger partial charge in [-0.3, -0.25) is 14.4 Å². The molecule has 1 fully saturated rings. The Morgan fingerprint density at radius 1 is 1.03 bits per heavy atom. The lowest BCUT2D eigenvalue weighted by molar-refractivity contribution is -0.138. The highest BCUT2D eigenvalue weighted by atomic mass is 16.3. The number of nitrogens with one attached hydrogen (secondary N) is 2. The molecule has 5 N–H and O–H groups in total. The molecule has 1 aliphatic rings. The monoisotopic (exact) mass is 536 g/mol. The van der Waals surface area contributed by atoms with Crippen molar-refractivity contribution < 1.29 is 19.5 Å². The lowest BCUT2D eigenvalue weighted by Crippen LogP contribution is -2.57. The molecule has 8 nitrogen and oxygen atoms in total. The Hall–Kier alpha value is -3.23. The van der Waals surface area contributed by atoms with Gasteiger partial charge >= 0.3 is 0 Å². The summed E-state index contributed by atoms with van der Waals surface area (Å²) in [4.78, 5) is 40.2. The van der Waals surface area contributed by atoms with Crippen molar-refractivity contribution in [3.05, 3.63) is 71.3 Å². The average molecular weight is 537 g/mol. The smallest absolute Gasteiger partial charge is 0.245 e. The molecule has 39 heavy (non-hydrogen) atoms. The summed E-state index contributed by atoms with van der Waals surface area (Å²) in [5, 5.41) is 14.5. The maximum Gasteiger partial charge on any atom is 0.245 e. The van der Waals surface area contributed by atoms with Gasteiger partial charge in [0, 0.05) is 26.1 Å². The molecule has 3 rings (SSSR count). The van der Waals surface area contributed by atoms with Gasteiger partial charge in [0.15, 0.2) is 0 Å². The Bertz CT molecular complexity index is 1080. The van der Waals surface area contributed by atoms with E-state index in [2.05, 4.69) is 34.9 Å². The Morgan fingerprint density at radius 2 is 1.69 bits per heavy atom. The van der Waals surface area contributed by atoms with Crippen LogP contribution in [0, 0.1) is 0 Å². The lowest BCUT2D eigenvalue weighted by atomic mass is 9.85. The average Bonchev–Trinajstić information content (AvgIpc) is 2.94. The summed E-state index contributed by atoms with van der Waals surface area (Å²) < 4.78 is 0. The van der Waals surface area contributed by atoms with Crippen LogP contribution in [0.5, 0.6) is 0 Å². The fraction of sp³-hybridized carbons (Fsp3) is 0.516. The molecule has 212 valence electrons. The predicted octanol–water partition coefficient (Wildman–Crippen LogP) is 2.68. The van der Waals surface area contributed by atoms with Gasteiger partial charge in [-0.25, -0.2) is 0 Å². The number of aliphatic hydroxyl groups excluding tert-OH is 1. The first-order valence-electron chi connectivity index (χ1n) is 14.1. The van der Waals surface area contributed by atoms with Gasteiger partial charge < -0.3 is 26.4 Å². The zero-order chi connectivity index (χ0) is 28.3. The fourth-order valence-corrected chi connectivity index (χ4v) is 5.08. The standard InChI is InChI=1S/C31H44N4O4/c1-31(2,32)30(39)34-27(14-8-11-23-9-4-3-5-10-23)29(38)35-20-17-25(18-21-35)26-13-7-6-12-24(26)15-16-28(37)33-19-22-36/h3-7,9-10,12-13,25,27,36H,8,11,14-22,32H2,1-2H3,(H,33,37)(H,34,39)/t27-/m1/s1. The molecule has 0 radical (unpaired) electrons. The summed E-state index contributed by atoms with van der Waals surface area (Å²) in [5.41, 5.74) is 8.54. The normalized spacial score (nSPS) is 15.0. The van der Waals surface area contributed by atoms with Gasteiger partial charge in [-0.2, -0.15) is 0 Å². The summed E-state index contributed by atoms with van der Waals surface area (Å²) in [7, 11) is 0. The van der Waals surface area contributed by atoms with Crippen molar-refractivity contribution in [2.45, 2.75) is 76.3 Å². The summed E-state index contributed by atoms with van der Waals surface area (Å²) in [6, 6.07) is 17.7. The number of benzene rings is 2. The van der Waals surface area contributed by atoms with Crippen molar-refractivity contribution in [1.82, 2.24) is 15.5 Å². The summed E-state index contributed by atoms with van der Waals surface area (Å²) in [6.45, 7) is 4.72. The molecule has 0 aliphatic carbocycles. The second-order valence-electron chi connectivity index (χ2n) is 11.0. The van der Waals surface area contributed by atoms with E-state index in [1.54, 1.807) is 13.8 Å². The van der Waals surface area contributed by atoms with E-state index in [0.717, 1.165) is 31.2 Å². The van der Waals surface area contributed by atoms with Crippen molar-refractivity contribution in [1.29, 1.82) is 0 Å². The van der Waals surface area contributed by atoms with E-state index in [0.29, 0.717) is 38.3 Å². The highest BCUT2D eigenvalue weighted by molar-refractivity contribution is 5.91. The maximum atomic E-state index is 13.6. The van der Waals surface area contributed by atoms with E-state index in [9.17, 15) is 14.4 Å². The van der Waals surface area contributed by atoms with Crippen LogP contribution >= 0.6 is 0 Å². The first kappa shape index (κ1) is 30.3. The van der Waals surface area contributed by atoms with E-state index in [1.165, 1.54) is 11.1 Å². The molecular formula is C31H44N4O4. The summed E-state index contributed by atoms with van der Waals surface area (Å²) in [6.07, 6.45) is 4.83. The van der Waals surface area contributed by atoms with Gasteiger partial charge in [0.25, 0.3) is 0 Å². The predicted molar refractivity (Wildman–Crippen MR) is 153 cm³/mol. The van der Waals surface area contributed by atoms with Crippen LogP contribution in [0.15, 0.2) is 54.6 Å². The van der Waals surface area contributed by atoms with Gasteiger partial charge in [0.1, 0.15) is 6.04 Å². The number of amides is 3. The quantitative estimate of drug-likeness (QED) is 0.313. The summed E-state index contributed by atoms with van der Waals surface area (Å²) >= 11 is 0. The van der Waals surface area contributed by atoms with Gasteiger partial charge in [-0.15, -0.1) is 0 Å². The number of hydrogen-bond acceptors (Lipinski definition) is 5. The molecular weight excluding hydrogens is 492 g/mol. The SMILES string of the molecule is CC(C)(N)C(=O)N[C@H](CCCc1ccccc1)C(=O)N1CCC(c2ccccc2CCC(=O)NCCO)CC1. The second-order valence-corrected chi connectivity index (χ2v) is 11.0. The first-order chi connectivity index (χ1) is 18.7. The number of aryl methyl sites for hydroxylation is 2. The first-order valence-corrected chi connectivity index (χ1v) is 14.1. The number of nitrogens with zero attached hydrogens (tertiary/aromatic N) is 1. The van der Waals surface area contributed by atoms with E-state index in [1.807, 2.05) is 35.2 Å². The van der Waals surface area contributed by atoms with Crippen LogP contribution in [0.1, 0.15) is 68.6 Å². The minimum Gasteiger partial charge on any atom is -0.395 e. The lowest BCUT2D eigenvalue weighted by Gasteiger charge is -2.36. The van der Waals surface area contributed by atoms with Crippen molar-refractivity contribution in [3.8, 4) is 0 Å². The van der Waals surface area contributed by atoms with Crippen molar-refractivity contribution in [3.63, 3.8) is 0 Å². The summed E-state index contributed by atoms with van der Waals surface area (Å²) in [5.74, 6) is -0.138. The maximum absolute atomic E-state index is 13.6. The number of carbonyl (C=O) groups excluding carboxylic acids is 3. The molecule has 0 unspecified atom stereocenters. The molecule has 0 spiro atoms. The Kier molecular flexibility index (Phi) is 11.5. The molecule has 0 bridgehead atoms. The Labute approximate surface area is 232 Å². The number of likely N-dealkylation sites (tertiary alicyclic amines) is 1. The zero-order valence-corrected chi connectivity index (χ0v) is 23.3. The third kappa shape index (κ3) is 9.48. The van der Waals surface area contributed by atoms with Gasteiger partial charge in [0.05, 0.1) is 12.1 Å². The number of nitrogens with two attached hydrogens (primary N) is 1. The van der Waals surface area contributed by atoms with Crippen LogP contribution < -0.4 is 16.4 Å². The molecule has 1 aliphatic heterocycles. The number of rotatable bonds is 13. The molecule has 1 heterocycles. The van der Waals surface area contributed by atoms with Crippen LogP contribution in [0.3, 0.4) is 0 Å². The second kappa shape index (κ2) is 14.8. The van der Waals surface area contributed by atoms with E-state index in [4.69, 9.17) is 10.8 Å². The topological polar surface area (TPSA) is 125 Å². The molecule has 3 amide bonds. The van der Waals surface area contributed by atoms with Crippen molar-refractivity contribution in [2.24, 2.45) is 5.73 Å². The minimum absolute atomic E-state index is 0.0482. The van der Waals surface area contributed by atoms with Crippen LogP contribution in [0.2, 0.25) is 0 Å². The zero-order valence-electron chi connectivity index (χ0n) is 23.3. The van der Waals surface area contributed by atoms with Crippen LogP contribution in [0.4, 0.5) is 0 Å². The van der Waals surface area contributed by atoms with Crippen LogP contribution in [-0.2, 0) is 27.2 Å². The van der Waals surface area contributed by atoms with Crippen molar-refractivity contribution >= 4 is 17.7 Å². The highest BCUT2D eigenvalue weighted by Gasteiger charge is 2.32. The molecule has 0 saturated carbocycles. The molecule has 1 atom stereocenters. The minimum atomic E-state index is -1.07. The van der Waals surface area contributed by atoms with E-state index in [-0.39, 0.29) is 30.9 Å². The van der Waals surface area contributed by atoms with E-state index < -0.39 is 11.6 Å². The van der Waals surface area contributed by atoms with Gasteiger partial charge in [-0.05, 0) is 75.0 Å². The Morgan fingerprint density at radius 3 is 2.36 bits per heavy atom. The highest BCUT2D eigenvalue weighted by Crippen LogP contribution is 2.31.